The highest BCUT2D eigenvalue weighted by molar-refractivity contribution is 9.10. The van der Waals surface area contributed by atoms with Crippen molar-refractivity contribution in [3.63, 3.8) is 0 Å². The summed E-state index contributed by atoms with van der Waals surface area (Å²) < 4.78 is 6.63. The second kappa shape index (κ2) is 4.88. The molecule has 92 valence electrons. The number of para-hydroxylation sites is 1. The van der Waals surface area contributed by atoms with Gasteiger partial charge in [0.2, 0.25) is 0 Å². The van der Waals surface area contributed by atoms with Crippen LogP contribution in [-0.4, -0.2) is 5.11 Å². The SMILES string of the molecule is OC(Cc1ccsc1)c1cc2cccc(Br)c2o1. The van der Waals surface area contributed by atoms with Crippen molar-refractivity contribution in [2.24, 2.45) is 0 Å². The van der Waals surface area contributed by atoms with Crippen LogP contribution in [0.5, 0.6) is 0 Å². The molecule has 0 aliphatic heterocycles. The van der Waals surface area contributed by atoms with E-state index >= 15 is 0 Å². The first-order valence-corrected chi connectivity index (χ1v) is 7.35. The van der Waals surface area contributed by atoms with Gasteiger partial charge in [-0.25, -0.2) is 0 Å². The van der Waals surface area contributed by atoms with Crippen LogP contribution in [0.2, 0.25) is 0 Å². The highest BCUT2D eigenvalue weighted by atomic mass is 79.9. The lowest BCUT2D eigenvalue weighted by atomic mass is 10.1. The van der Waals surface area contributed by atoms with Crippen LogP contribution in [-0.2, 0) is 6.42 Å². The third kappa shape index (κ3) is 2.23. The second-order valence-corrected chi connectivity index (χ2v) is 5.79. The lowest BCUT2D eigenvalue weighted by Crippen LogP contribution is -1.98. The van der Waals surface area contributed by atoms with Crippen molar-refractivity contribution in [3.05, 3.63) is 56.9 Å². The quantitative estimate of drug-likeness (QED) is 0.768. The molecule has 1 unspecified atom stereocenters. The minimum atomic E-state index is -0.598. The number of rotatable bonds is 3. The average molecular weight is 323 g/mol. The fraction of sp³-hybridized carbons (Fsp3) is 0.143. The number of fused-ring (bicyclic) bond motifs is 1. The normalized spacial score (nSPS) is 13.0. The van der Waals surface area contributed by atoms with Crippen molar-refractivity contribution < 1.29 is 9.52 Å². The maximum absolute atomic E-state index is 10.2. The highest BCUT2D eigenvalue weighted by Gasteiger charge is 2.15. The van der Waals surface area contributed by atoms with Crippen molar-refractivity contribution in [2.45, 2.75) is 12.5 Å². The molecule has 0 aliphatic rings. The van der Waals surface area contributed by atoms with Crippen molar-refractivity contribution in [1.29, 1.82) is 0 Å². The zero-order valence-corrected chi connectivity index (χ0v) is 11.9. The summed E-state index contributed by atoms with van der Waals surface area (Å²) in [5, 5.41) is 15.2. The van der Waals surface area contributed by atoms with Crippen LogP contribution in [0.15, 0.2) is 50.0 Å². The van der Waals surface area contributed by atoms with Crippen molar-refractivity contribution >= 4 is 38.2 Å². The largest absolute Gasteiger partial charge is 0.457 e. The molecule has 0 radical (unpaired) electrons. The van der Waals surface area contributed by atoms with Gasteiger partial charge in [-0.3, -0.25) is 0 Å². The minimum Gasteiger partial charge on any atom is -0.457 e. The molecule has 0 spiro atoms. The first-order chi connectivity index (χ1) is 8.74. The fourth-order valence-corrected chi connectivity index (χ4v) is 3.09. The van der Waals surface area contributed by atoms with Crippen molar-refractivity contribution in [2.75, 3.05) is 0 Å². The van der Waals surface area contributed by atoms with E-state index in [2.05, 4.69) is 15.9 Å². The second-order valence-electron chi connectivity index (χ2n) is 4.16. The maximum atomic E-state index is 10.2. The van der Waals surface area contributed by atoms with Gasteiger partial charge >= 0.3 is 0 Å². The van der Waals surface area contributed by atoms with E-state index in [1.165, 1.54) is 0 Å². The Labute approximate surface area is 117 Å². The number of hydrogen-bond donors (Lipinski definition) is 1. The number of thiophene rings is 1. The number of benzene rings is 1. The molecule has 0 amide bonds. The van der Waals surface area contributed by atoms with Crippen LogP contribution in [0.1, 0.15) is 17.4 Å². The Morgan fingerprint density at radius 1 is 1.33 bits per heavy atom. The molecule has 0 fully saturated rings. The summed E-state index contributed by atoms with van der Waals surface area (Å²) in [7, 11) is 0. The van der Waals surface area contributed by atoms with Gasteiger partial charge in [-0.2, -0.15) is 11.3 Å². The monoisotopic (exact) mass is 322 g/mol. The average Bonchev–Trinajstić information content (AvgIpc) is 2.97. The van der Waals surface area contributed by atoms with Gasteiger partial charge in [-0.1, -0.05) is 12.1 Å². The molecule has 1 aromatic carbocycles. The summed E-state index contributed by atoms with van der Waals surface area (Å²) >= 11 is 5.08. The maximum Gasteiger partial charge on any atom is 0.148 e. The summed E-state index contributed by atoms with van der Waals surface area (Å²) in [6, 6.07) is 9.78. The van der Waals surface area contributed by atoms with Crippen LogP contribution >= 0.6 is 27.3 Å². The van der Waals surface area contributed by atoms with E-state index in [-0.39, 0.29) is 0 Å². The lowest BCUT2D eigenvalue weighted by molar-refractivity contribution is 0.152. The van der Waals surface area contributed by atoms with Crippen molar-refractivity contribution in [1.82, 2.24) is 0 Å². The highest BCUT2D eigenvalue weighted by Crippen LogP contribution is 2.30. The summed E-state index contributed by atoms with van der Waals surface area (Å²) in [6.45, 7) is 0. The Morgan fingerprint density at radius 3 is 2.94 bits per heavy atom. The Balaban J connectivity index is 1.92. The van der Waals surface area contributed by atoms with Gasteiger partial charge in [0.25, 0.3) is 0 Å². The van der Waals surface area contributed by atoms with Gasteiger partial charge in [0.05, 0.1) is 4.47 Å². The third-order valence-electron chi connectivity index (χ3n) is 2.85. The number of hydrogen-bond acceptors (Lipinski definition) is 3. The molecular weight excluding hydrogens is 312 g/mol. The fourth-order valence-electron chi connectivity index (χ4n) is 1.94. The predicted octanol–water partition coefficient (Wildman–Crippen LogP) is 4.53. The molecule has 1 atom stereocenters. The molecule has 0 saturated heterocycles. The molecular formula is C14H11BrO2S. The van der Waals surface area contributed by atoms with E-state index in [1.54, 1.807) is 11.3 Å². The van der Waals surface area contributed by atoms with Gasteiger partial charge in [-0.05, 0) is 50.5 Å². The number of aliphatic hydroxyl groups excluding tert-OH is 1. The molecule has 2 aromatic heterocycles. The van der Waals surface area contributed by atoms with E-state index in [9.17, 15) is 5.11 Å². The molecule has 4 heteroatoms. The lowest BCUT2D eigenvalue weighted by Gasteiger charge is -2.05. The van der Waals surface area contributed by atoms with Crippen LogP contribution < -0.4 is 0 Å². The summed E-state index contributed by atoms with van der Waals surface area (Å²) in [6.07, 6.45) is -0.0140. The molecule has 0 saturated carbocycles. The van der Waals surface area contributed by atoms with E-state index < -0.39 is 6.10 Å². The Morgan fingerprint density at radius 2 is 2.22 bits per heavy atom. The molecule has 3 aromatic rings. The number of aliphatic hydroxyl groups is 1. The standard InChI is InChI=1S/C14H11BrO2S/c15-11-3-1-2-10-7-13(17-14(10)11)12(16)6-9-4-5-18-8-9/h1-5,7-8,12,16H,6H2. The molecule has 18 heavy (non-hydrogen) atoms. The van der Waals surface area contributed by atoms with Gasteiger partial charge in [0.1, 0.15) is 17.4 Å². The minimum absolute atomic E-state index is 0.584. The van der Waals surface area contributed by atoms with Crippen LogP contribution in [0.3, 0.4) is 0 Å². The van der Waals surface area contributed by atoms with E-state index in [0.29, 0.717) is 12.2 Å². The molecule has 1 N–H and O–H groups in total. The molecule has 2 nitrogen and oxygen atoms in total. The molecule has 3 rings (SSSR count). The smallest absolute Gasteiger partial charge is 0.148 e. The molecule has 0 aliphatic carbocycles. The van der Waals surface area contributed by atoms with E-state index in [4.69, 9.17) is 4.42 Å². The Hall–Kier alpha value is -1.10. The zero-order valence-electron chi connectivity index (χ0n) is 9.47. The van der Waals surface area contributed by atoms with E-state index in [1.807, 2.05) is 41.1 Å². The Kier molecular flexibility index (Phi) is 3.24. The van der Waals surface area contributed by atoms with E-state index in [0.717, 1.165) is 21.0 Å². The van der Waals surface area contributed by atoms with Crippen LogP contribution in [0.4, 0.5) is 0 Å². The van der Waals surface area contributed by atoms with Gasteiger partial charge in [0, 0.05) is 11.8 Å². The number of furan rings is 1. The molecule has 2 heterocycles. The topological polar surface area (TPSA) is 33.4 Å². The predicted molar refractivity (Wildman–Crippen MR) is 76.9 cm³/mol. The van der Waals surface area contributed by atoms with Gasteiger partial charge in [-0.15, -0.1) is 0 Å². The Bertz CT molecular complexity index is 658. The van der Waals surface area contributed by atoms with Crippen molar-refractivity contribution in [3.8, 4) is 0 Å². The van der Waals surface area contributed by atoms with Gasteiger partial charge < -0.3 is 9.52 Å². The first-order valence-electron chi connectivity index (χ1n) is 5.61. The summed E-state index contributed by atoms with van der Waals surface area (Å²) in [5.41, 5.74) is 1.92. The summed E-state index contributed by atoms with van der Waals surface area (Å²) in [4.78, 5) is 0. The zero-order chi connectivity index (χ0) is 12.5. The molecule has 0 bridgehead atoms. The third-order valence-corrected chi connectivity index (χ3v) is 4.21. The van der Waals surface area contributed by atoms with Crippen LogP contribution in [0, 0.1) is 0 Å². The van der Waals surface area contributed by atoms with Gasteiger partial charge in [0.15, 0.2) is 0 Å². The summed E-state index contributed by atoms with van der Waals surface area (Å²) in [5.74, 6) is 0.614. The first kappa shape index (κ1) is 12.0. The van der Waals surface area contributed by atoms with Crippen LogP contribution in [0.25, 0.3) is 11.0 Å². The number of halogens is 1.